The summed E-state index contributed by atoms with van der Waals surface area (Å²) in [5, 5.41) is 3.32. The van der Waals surface area contributed by atoms with Crippen LogP contribution in [0.5, 0.6) is 0 Å². The summed E-state index contributed by atoms with van der Waals surface area (Å²) < 4.78 is 0. The third-order valence-corrected chi connectivity index (χ3v) is 2.92. The Hall–Kier alpha value is -1.40. The summed E-state index contributed by atoms with van der Waals surface area (Å²) in [7, 11) is 4.15. The first-order chi connectivity index (χ1) is 8.69. The summed E-state index contributed by atoms with van der Waals surface area (Å²) in [6.45, 7) is 1.97. The molecule has 0 spiro atoms. The summed E-state index contributed by atoms with van der Waals surface area (Å²) in [6.07, 6.45) is 3.46. The zero-order valence-corrected chi connectivity index (χ0v) is 11.1. The maximum Gasteiger partial charge on any atom is 0.145 e. The molecule has 4 N–H and O–H groups in total. The van der Waals surface area contributed by atoms with Crippen molar-refractivity contribution >= 4 is 11.6 Å². The molecule has 0 atom stereocenters. The molecular formula is C12H22N6. The molecule has 0 aliphatic heterocycles. The maximum absolute atomic E-state index is 5.43. The van der Waals surface area contributed by atoms with Crippen molar-refractivity contribution in [2.45, 2.75) is 25.2 Å². The summed E-state index contributed by atoms with van der Waals surface area (Å²) in [4.78, 5) is 11.1. The molecule has 1 heterocycles. The van der Waals surface area contributed by atoms with E-state index in [2.05, 4.69) is 39.7 Å². The van der Waals surface area contributed by atoms with E-state index in [-0.39, 0.29) is 0 Å². The second kappa shape index (κ2) is 5.97. The molecule has 0 saturated heterocycles. The molecule has 1 aromatic heterocycles. The molecule has 1 aliphatic rings. The number of aromatic nitrogens is 2. The van der Waals surface area contributed by atoms with E-state index >= 15 is 0 Å². The van der Waals surface area contributed by atoms with E-state index in [4.69, 9.17) is 5.84 Å². The van der Waals surface area contributed by atoms with Gasteiger partial charge in [0.05, 0.1) is 0 Å². The lowest BCUT2D eigenvalue weighted by Gasteiger charge is -2.11. The number of rotatable bonds is 7. The molecule has 0 amide bonds. The van der Waals surface area contributed by atoms with Crippen LogP contribution in [0.15, 0.2) is 6.07 Å². The second-order valence-corrected chi connectivity index (χ2v) is 5.00. The molecule has 6 nitrogen and oxygen atoms in total. The van der Waals surface area contributed by atoms with Crippen LogP contribution in [0.1, 0.15) is 31.0 Å². The highest BCUT2D eigenvalue weighted by Crippen LogP contribution is 2.38. The van der Waals surface area contributed by atoms with Crippen LogP contribution in [-0.2, 0) is 0 Å². The Morgan fingerprint density at radius 2 is 2.06 bits per heavy atom. The fraction of sp³-hybridized carbons (Fsp3) is 0.667. The fourth-order valence-corrected chi connectivity index (χ4v) is 1.77. The van der Waals surface area contributed by atoms with Gasteiger partial charge in [-0.1, -0.05) is 0 Å². The first-order valence-electron chi connectivity index (χ1n) is 6.43. The van der Waals surface area contributed by atoms with Crippen molar-refractivity contribution in [3.63, 3.8) is 0 Å². The van der Waals surface area contributed by atoms with Gasteiger partial charge >= 0.3 is 0 Å². The van der Waals surface area contributed by atoms with Gasteiger partial charge in [0.2, 0.25) is 0 Å². The number of nitrogens with two attached hydrogens (primary N) is 1. The van der Waals surface area contributed by atoms with Crippen molar-refractivity contribution < 1.29 is 0 Å². The van der Waals surface area contributed by atoms with Crippen LogP contribution < -0.4 is 16.6 Å². The normalized spacial score (nSPS) is 14.9. The predicted molar refractivity (Wildman–Crippen MR) is 73.5 cm³/mol. The number of nitrogens with one attached hydrogen (secondary N) is 2. The molecule has 0 aromatic carbocycles. The average molecular weight is 250 g/mol. The molecule has 1 saturated carbocycles. The predicted octanol–water partition coefficient (Wildman–Crippen LogP) is 1.00. The Bertz CT molecular complexity index is 388. The minimum atomic E-state index is 0.528. The van der Waals surface area contributed by atoms with E-state index in [1.54, 1.807) is 0 Å². The molecule has 2 rings (SSSR count). The van der Waals surface area contributed by atoms with Crippen molar-refractivity contribution in [3.05, 3.63) is 11.9 Å². The molecule has 6 heteroatoms. The van der Waals surface area contributed by atoms with Crippen LogP contribution >= 0.6 is 0 Å². The van der Waals surface area contributed by atoms with Crippen LogP contribution in [0.2, 0.25) is 0 Å². The smallest absolute Gasteiger partial charge is 0.145 e. The minimum absolute atomic E-state index is 0.528. The third-order valence-electron chi connectivity index (χ3n) is 2.92. The van der Waals surface area contributed by atoms with Crippen molar-refractivity contribution in [1.82, 2.24) is 14.9 Å². The van der Waals surface area contributed by atoms with Gasteiger partial charge in [-0.25, -0.2) is 15.8 Å². The topological polar surface area (TPSA) is 79.1 Å². The highest BCUT2D eigenvalue weighted by atomic mass is 15.3. The van der Waals surface area contributed by atoms with Gasteiger partial charge < -0.3 is 15.6 Å². The Kier molecular flexibility index (Phi) is 4.33. The van der Waals surface area contributed by atoms with Crippen molar-refractivity contribution in [1.29, 1.82) is 0 Å². The van der Waals surface area contributed by atoms with E-state index in [9.17, 15) is 0 Å². The molecule has 0 unspecified atom stereocenters. The highest BCUT2D eigenvalue weighted by molar-refractivity contribution is 5.47. The summed E-state index contributed by atoms with van der Waals surface area (Å²) in [5.41, 5.74) is 2.60. The number of hydrazine groups is 1. The Balaban J connectivity index is 1.92. The lowest BCUT2D eigenvalue weighted by Crippen LogP contribution is -2.17. The second-order valence-electron chi connectivity index (χ2n) is 5.00. The van der Waals surface area contributed by atoms with Crippen LogP contribution in [0.25, 0.3) is 0 Å². The van der Waals surface area contributed by atoms with Gasteiger partial charge in [-0.3, -0.25) is 0 Å². The fourth-order valence-electron chi connectivity index (χ4n) is 1.77. The largest absolute Gasteiger partial charge is 0.370 e. The molecular weight excluding hydrogens is 228 g/mol. The van der Waals surface area contributed by atoms with Crippen LogP contribution in [0.3, 0.4) is 0 Å². The van der Waals surface area contributed by atoms with E-state index in [1.807, 2.05) is 6.07 Å². The molecule has 1 aliphatic carbocycles. The zero-order chi connectivity index (χ0) is 13.0. The molecule has 100 valence electrons. The monoisotopic (exact) mass is 250 g/mol. The van der Waals surface area contributed by atoms with E-state index < -0.39 is 0 Å². The van der Waals surface area contributed by atoms with Crippen molar-refractivity contribution in [3.8, 4) is 0 Å². The van der Waals surface area contributed by atoms with E-state index in [0.717, 1.165) is 31.2 Å². The van der Waals surface area contributed by atoms with Crippen LogP contribution in [0, 0.1) is 0 Å². The number of hydrogen-bond donors (Lipinski definition) is 3. The highest BCUT2D eigenvalue weighted by Gasteiger charge is 2.27. The first-order valence-corrected chi connectivity index (χ1v) is 6.43. The number of anilines is 2. The van der Waals surface area contributed by atoms with Gasteiger partial charge in [0.15, 0.2) is 0 Å². The van der Waals surface area contributed by atoms with Gasteiger partial charge in [0.1, 0.15) is 17.5 Å². The van der Waals surface area contributed by atoms with Gasteiger partial charge in [-0.2, -0.15) is 0 Å². The molecule has 0 radical (unpaired) electrons. The Labute approximate surface area is 108 Å². The molecule has 1 aromatic rings. The minimum Gasteiger partial charge on any atom is -0.370 e. The average Bonchev–Trinajstić information content (AvgIpc) is 3.18. The Morgan fingerprint density at radius 3 is 2.67 bits per heavy atom. The van der Waals surface area contributed by atoms with Gasteiger partial charge in [-0.05, 0) is 39.9 Å². The summed E-state index contributed by atoms with van der Waals surface area (Å²) in [5.74, 6) is 8.40. The van der Waals surface area contributed by atoms with Gasteiger partial charge in [-0.15, -0.1) is 0 Å². The molecule has 18 heavy (non-hydrogen) atoms. The van der Waals surface area contributed by atoms with Gasteiger partial charge in [0.25, 0.3) is 0 Å². The van der Waals surface area contributed by atoms with Gasteiger partial charge in [0, 0.05) is 18.5 Å². The van der Waals surface area contributed by atoms with E-state index in [1.165, 1.54) is 12.8 Å². The maximum atomic E-state index is 5.43. The lowest BCUT2D eigenvalue weighted by atomic mass is 10.3. The van der Waals surface area contributed by atoms with Crippen LogP contribution in [-0.4, -0.2) is 42.1 Å². The van der Waals surface area contributed by atoms with E-state index in [0.29, 0.717) is 11.7 Å². The number of hydrogen-bond acceptors (Lipinski definition) is 6. The van der Waals surface area contributed by atoms with Crippen molar-refractivity contribution in [2.24, 2.45) is 5.84 Å². The van der Waals surface area contributed by atoms with Crippen LogP contribution in [0.4, 0.5) is 11.6 Å². The summed E-state index contributed by atoms with van der Waals surface area (Å²) >= 11 is 0. The lowest BCUT2D eigenvalue weighted by molar-refractivity contribution is 0.405. The SMILES string of the molecule is CN(C)CCCNc1cc(NN)nc(C2CC2)n1. The number of nitrogens with zero attached hydrogens (tertiary/aromatic N) is 3. The quantitative estimate of drug-likeness (QED) is 0.381. The Morgan fingerprint density at radius 1 is 1.33 bits per heavy atom. The zero-order valence-electron chi connectivity index (χ0n) is 11.1. The third kappa shape index (κ3) is 3.82. The summed E-state index contributed by atoms with van der Waals surface area (Å²) in [6, 6.07) is 1.85. The van der Waals surface area contributed by atoms with Crippen molar-refractivity contribution in [2.75, 3.05) is 37.9 Å². The molecule has 0 bridgehead atoms. The number of nitrogen functional groups attached to an aromatic ring is 1. The first kappa shape index (κ1) is 13.0. The standard InChI is InChI=1S/C12H22N6/c1-18(2)7-3-6-14-10-8-11(17-13)16-12(15-10)9-4-5-9/h8-9H,3-7,13H2,1-2H3,(H2,14,15,16,17). The molecule has 1 fully saturated rings.